The molecular formula is C18H23F2N7O2S. The maximum atomic E-state index is 13.2. The van der Waals surface area contributed by atoms with Crippen LogP contribution in [-0.2, 0) is 7.05 Å². The Morgan fingerprint density at radius 2 is 2.13 bits per heavy atom. The standard InChI is InChI=1S/C18H23F2N7O2S/c1-21-25-17-18(22-5-8-26(17)2)29-10-12-3-6-27(7-4-12)13(9-24-28)15-14(16(19)20)23-11-30-15/h5,8,11-13,16H,1,3-4,6-7,9-10H2,2H3/b25-17-. The first-order valence-corrected chi connectivity index (χ1v) is 10.3. The van der Waals surface area contributed by atoms with E-state index in [9.17, 15) is 13.7 Å². The van der Waals surface area contributed by atoms with Crippen molar-refractivity contribution in [3.63, 3.8) is 0 Å². The molecule has 0 saturated carbocycles. The smallest absolute Gasteiger partial charge is 0.281 e. The van der Waals surface area contributed by atoms with Crippen LogP contribution >= 0.6 is 11.3 Å². The third kappa shape index (κ3) is 5.11. The van der Waals surface area contributed by atoms with Crippen LogP contribution in [0.15, 0.2) is 33.3 Å². The van der Waals surface area contributed by atoms with Crippen molar-refractivity contribution in [3.05, 3.63) is 38.9 Å². The number of aromatic nitrogens is 3. The normalized spacial score (nSPS) is 17.3. The van der Waals surface area contributed by atoms with Crippen LogP contribution in [0.1, 0.15) is 35.9 Å². The van der Waals surface area contributed by atoms with Gasteiger partial charge in [-0.1, -0.05) is 5.18 Å². The molecule has 2 aromatic rings. The lowest BCUT2D eigenvalue weighted by Gasteiger charge is -2.36. The van der Waals surface area contributed by atoms with Gasteiger partial charge >= 0.3 is 0 Å². The molecular weight excluding hydrogens is 416 g/mol. The Labute approximate surface area is 176 Å². The highest BCUT2D eigenvalue weighted by atomic mass is 32.1. The molecule has 1 aliphatic rings. The molecule has 12 heteroatoms. The summed E-state index contributed by atoms with van der Waals surface area (Å²) < 4.78 is 34.1. The summed E-state index contributed by atoms with van der Waals surface area (Å²) >= 11 is 1.14. The van der Waals surface area contributed by atoms with Crippen LogP contribution < -0.4 is 10.2 Å². The van der Waals surface area contributed by atoms with Crippen LogP contribution in [0.25, 0.3) is 0 Å². The highest BCUT2D eigenvalue weighted by Crippen LogP contribution is 2.35. The molecule has 0 radical (unpaired) electrons. The van der Waals surface area contributed by atoms with Crippen molar-refractivity contribution in [3.8, 4) is 5.88 Å². The van der Waals surface area contributed by atoms with Crippen molar-refractivity contribution in [2.24, 2.45) is 28.3 Å². The van der Waals surface area contributed by atoms with Crippen LogP contribution in [0, 0.1) is 10.8 Å². The average molecular weight is 439 g/mol. The van der Waals surface area contributed by atoms with E-state index in [4.69, 9.17) is 4.74 Å². The molecule has 1 unspecified atom stereocenters. The molecule has 3 rings (SSSR count). The monoisotopic (exact) mass is 439 g/mol. The first kappa shape index (κ1) is 22.1. The molecule has 3 heterocycles. The summed E-state index contributed by atoms with van der Waals surface area (Å²) in [7, 11) is 1.81. The lowest BCUT2D eigenvalue weighted by Crippen LogP contribution is -2.39. The van der Waals surface area contributed by atoms with Gasteiger partial charge in [-0.05, 0) is 31.8 Å². The summed E-state index contributed by atoms with van der Waals surface area (Å²) in [6, 6.07) is -0.472. The number of ether oxygens (including phenoxy) is 1. The van der Waals surface area contributed by atoms with E-state index < -0.39 is 12.5 Å². The van der Waals surface area contributed by atoms with Gasteiger partial charge in [-0.3, -0.25) is 4.90 Å². The van der Waals surface area contributed by atoms with Crippen molar-refractivity contribution < 1.29 is 13.5 Å². The third-order valence-corrected chi connectivity index (χ3v) is 6.05. The van der Waals surface area contributed by atoms with Gasteiger partial charge in [0.25, 0.3) is 12.3 Å². The minimum atomic E-state index is -2.67. The lowest BCUT2D eigenvalue weighted by atomic mass is 9.96. The molecule has 0 bridgehead atoms. The van der Waals surface area contributed by atoms with E-state index in [1.54, 1.807) is 17.0 Å². The molecule has 0 spiro atoms. The second-order valence-corrected chi connectivity index (χ2v) is 7.82. The Morgan fingerprint density at radius 3 is 2.80 bits per heavy atom. The molecule has 0 aromatic carbocycles. The number of piperidine rings is 1. The molecule has 9 nitrogen and oxygen atoms in total. The van der Waals surface area contributed by atoms with E-state index in [0.717, 1.165) is 24.2 Å². The fraction of sp³-hybridized carbons (Fsp3) is 0.556. The van der Waals surface area contributed by atoms with Gasteiger partial charge in [0.2, 0.25) is 5.49 Å². The summed E-state index contributed by atoms with van der Waals surface area (Å²) in [6.45, 7) is 5.04. The van der Waals surface area contributed by atoms with Crippen LogP contribution in [0.2, 0.25) is 0 Å². The predicted molar refractivity (Wildman–Crippen MR) is 109 cm³/mol. The van der Waals surface area contributed by atoms with Crippen LogP contribution in [0.3, 0.4) is 0 Å². The van der Waals surface area contributed by atoms with Crippen molar-refractivity contribution in [1.82, 2.24) is 19.4 Å². The zero-order chi connectivity index (χ0) is 21.5. The van der Waals surface area contributed by atoms with E-state index in [2.05, 4.69) is 32.1 Å². The van der Waals surface area contributed by atoms with E-state index in [1.165, 1.54) is 5.51 Å². The van der Waals surface area contributed by atoms with Gasteiger partial charge < -0.3 is 9.30 Å². The second-order valence-electron chi connectivity index (χ2n) is 6.93. The van der Waals surface area contributed by atoms with Gasteiger partial charge in [-0.25, -0.2) is 18.7 Å². The molecule has 0 amide bonds. The maximum Gasteiger partial charge on any atom is 0.281 e. The summed E-state index contributed by atoms with van der Waals surface area (Å²) in [5.41, 5.74) is 1.61. The topological polar surface area (TPSA) is 97.3 Å². The second kappa shape index (κ2) is 10.4. The van der Waals surface area contributed by atoms with Crippen LogP contribution in [0.5, 0.6) is 5.88 Å². The Hall–Kier alpha value is -2.60. The van der Waals surface area contributed by atoms with Crippen molar-refractivity contribution in [2.75, 3.05) is 26.2 Å². The van der Waals surface area contributed by atoms with E-state index in [0.29, 0.717) is 35.9 Å². The number of alkyl halides is 2. The van der Waals surface area contributed by atoms with Gasteiger partial charge in [0.05, 0.1) is 23.0 Å². The SMILES string of the molecule is C=N/N=c1/c(OCC2CCN(C(CN=O)c3scnc3C(F)F)CC2)nccn1C. The summed E-state index contributed by atoms with van der Waals surface area (Å²) in [5.74, 6) is 0.642. The zero-order valence-electron chi connectivity index (χ0n) is 16.5. The summed E-state index contributed by atoms with van der Waals surface area (Å²) in [6.07, 6.45) is 2.28. The van der Waals surface area contributed by atoms with Crippen molar-refractivity contribution in [2.45, 2.75) is 25.3 Å². The number of halogens is 2. The van der Waals surface area contributed by atoms with E-state index >= 15 is 0 Å². The number of aryl methyl sites for hydroxylation is 1. The molecule has 30 heavy (non-hydrogen) atoms. The molecule has 1 fully saturated rings. The minimum absolute atomic E-state index is 0.0765. The van der Waals surface area contributed by atoms with Crippen molar-refractivity contribution >= 4 is 18.1 Å². The van der Waals surface area contributed by atoms with Crippen LogP contribution in [0.4, 0.5) is 8.78 Å². The number of hydrogen-bond donors (Lipinski definition) is 0. The number of hydrogen-bond acceptors (Lipinski definition) is 9. The van der Waals surface area contributed by atoms with Gasteiger partial charge in [0.1, 0.15) is 12.2 Å². The molecule has 1 atom stereocenters. The summed E-state index contributed by atoms with van der Waals surface area (Å²) in [4.78, 5) is 21.4. The fourth-order valence-corrected chi connectivity index (χ4v) is 4.43. The van der Waals surface area contributed by atoms with Gasteiger partial charge in [-0.15, -0.1) is 16.4 Å². The Morgan fingerprint density at radius 1 is 1.37 bits per heavy atom. The number of rotatable bonds is 9. The van der Waals surface area contributed by atoms with Crippen LogP contribution in [-0.4, -0.2) is 52.4 Å². The minimum Gasteiger partial charge on any atom is -0.475 e. The molecule has 2 aromatic heterocycles. The zero-order valence-corrected chi connectivity index (χ0v) is 17.3. The molecule has 0 aliphatic carbocycles. The molecule has 162 valence electrons. The fourth-order valence-electron chi connectivity index (χ4n) is 3.50. The van der Waals surface area contributed by atoms with Gasteiger partial charge in [0, 0.05) is 26.2 Å². The first-order valence-electron chi connectivity index (χ1n) is 9.43. The highest BCUT2D eigenvalue weighted by molar-refractivity contribution is 7.09. The Kier molecular flexibility index (Phi) is 7.69. The van der Waals surface area contributed by atoms with E-state index in [-0.39, 0.29) is 18.2 Å². The number of likely N-dealkylation sites (tertiary alicyclic amines) is 1. The summed E-state index contributed by atoms with van der Waals surface area (Å²) in [5, 5.41) is 10.5. The molecule has 1 saturated heterocycles. The van der Waals surface area contributed by atoms with Crippen molar-refractivity contribution in [1.29, 1.82) is 0 Å². The molecule has 0 N–H and O–H groups in total. The average Bonchev–Trinajstić information content (AvgIpc) is 3.23. The maximum absolute atomic E-state index is 13.2. The largest absolute Gasteiger partial charge is 0.475 e. The first-order chi connectivity index (χ1) is 14.5. The van der Waals surface area contributed by atoms with Gasteiger partial charge in [-0.2, -0.15) is 10.0 Å². The highest BCUT2D eigenvalue weighted by Gasteiger charge is 2.31. The number of nitroso groups, excluding NO2 is 1. The Balaban J connectivity index is 1.62. The lowest BCUT2D eigenvalue weighted by molar-refractivity contribution is 0.103. The number of nitrogens with zero attached hydrogens (tertiary/aromatic N) is 7. The predicted octanol–water partition coefficient (Wildman–Crippen LogP) is 2.93. The third-order valence-electron chi connectivity index (χ3n) is 5.10. The quantitative estimate of drug-likeness (QED) is 0.340. The van der Waals surface area contributed by atoms with Gasteiger partial charge in [0.15, 0.2) is 0 Å². The van der Waals surface area contributed by atoms with E-state index in [1.807, 2.05) is 11.9 Å². The molecule has 1 aliphatic heterocycles. The number of thiazole rings is 1. The Bertz CT molecular complexity index is 925.